The minimum Gasteiger partial charge on any atom is -0.481 e. The van der Waals surface area contributed by atoms with E-state index in [1.807, 2.05) is 32.9 Å². The van der Waals surface area contributed by atoms with Crippen LogP contribution in [0, 0.1) is 11.3 Å². The van der Waals surface area contributed by atoms with E-state index < -0.39 is 11.7 Å². The van der Waals surface area contributed by atoms with E-state index in [2.05, 4.69) is 15.2 Å². The molecular weight excluding hydrogens is 422 g/mol. The average Bonchev–Trinajstić information content (AvgIpc) is 2.79. The summed E-state index contributed by atoms with van der Waals surface area (Å²) in [5.41, 5.74) is 0.928. The molecule has 1 aromatic heterocycles. The fourth-order valence-corrected chi connectivity index (χ4v) is 3.21. The van der Waals surface area contributed by atoms with Gasteiger partial charge in [-0.05, 0) is 64.1 Å². The summed E-state index contributed by atoms with van der Waals surface area (Å²) in [6, 6.07) is 12.2. The number of nitriles is 1. The molecule has 0 radical (unpaired) electrons. The second kappa shape index (κ2) is 10.2. The van der Waals surface area contributed by atoms with Crippen molar-refractivity contribution in [1.82, 2.24) is 9.88 Å². The molecule has 174 valence electrons. The lowest BCUT2D eigenvalue weighted by Gasteiger charge is -2.36. The van der Waals surface area contributed by atoms with E-state index in [9.17, 15) is 9.59 Å². The number of ether oxygens (including phenoxy) is 2. The number of carbonyl (C=O) groups is 2. The molecule has 0 saturated carbocycles. The molecule has 1 N–H and O–H groups in total. The van der Waals surface area contributed by atoms with E-state index in [0.29, 0.717) is 43.3 Å². The van der Waals surface area contributed by atoms with Crippen molar-refractivity contribution < 1.29 is 19.1 Å². The van der Waals surface area contributed by atoms with E-state index in [4.69, 9.17) is 14.7 Å². The van der Waals surface area contributed by atoms with Gasteiger partial charge in [-0.15, -0.1) is 0 Å². The fourth-order valence-electron chi connectivity index (χ4n) is 3.21. The average molecular weight is 452 g/mol. The predicted octanol–water partition coefficient (Wildman–Crippen LogP) is 3.42. The standard InChI is InChI=1S/C24H29N5O4/c1-17(32-20-8-5-18(15-25)6-9-20)22(30)27-21-10-7-19(16-26-21)28-11-13-29(14-12-28)23(31)33-24(2,3)4/h5-10,16-17H,11-14H2,1-4H3,(H,26,27,30). The van der Waals surface area contributed by atoms with Crippen LogP contribution in [0.3, 0.4) is 0 Å². The zero-order valence-electron chi connectivity index (χ0n) is 19.4. The molecule has 1 atom stereocenters. The second-order valence-electron chi connectivity index (χ2n) is 8.74. The number of piperazine rings is 1. The van der Waals surface area contributed by atoms with E-state index in [0.717, 1.165) is 5.69 Å². The molecule has 1 saturated heterocycles. The van der Waals surface area contributed by atoms with Gasteiger partial charge in [0.25, 0.3) is 5.91 Å². The monoisotopic (exact) mass is 451 g/mol. The van der Waals surface area contributed by atoms with Crippen molar-refractivity contribution in [2.24, 2.45) is 0 Å². The molecule has 33 heavy (non-hydrogen) atoms. The molecule has 1 fully saturated rings. The minimum absolute atomic E-state index is 0.296. The van der Waals surface area contributed by atoms with Gasteiger partial charge >= 0.3 is 6.09 Å². The van der Waals surface area contributed by atoms with E-state index in [1.54, 1.807) is 48.4 Å². The van der Waals surface area contributed by atoms with Gasteiger partial charge < -0.3 is 24.6 Å². The molecule has 1 aliphatic rings. The van der Waals surface area contributed by atoms with Gasteiger partial charge in [-0.3, -0.25) is 4.79 Å². The predicted molar refractivity (Wildman–Crippen MR) is 124 cm³/mol. The van der Waals surface area contributed by atoms with Crippen LogP contribution in [0.15, 0.2) is 42.6 Å². The first-order chi connectivity index (χ1) is 15.6. The van der Waals surface area contributed by atoms with Gasteiger partial charge in [-0.2, -0.15) is 5.26 Å². The summed E-state index contributed by atoms with van der Waals surface area (Å²) in [6.45, 7) is 9.68. The Hall–Kier alpha value is -3.80. The normalized spacial score (nSPS) is 14.8. The first-order valence-corrected chi connectivity index (χ1v) is 10.8. The molecule has 0 bridgehead atoms. The van der Waals surface area contributed by atoms with Crippen LogP contribution in [0.25, 0.3) is 0 Å². The van der Waals surface area contributed by atoms with Gasteiger partial charge in [-0.25, -0.2) is 9.78 Å². The quantitative estimate of drug-likeness (QED) is 0.742. The van der Waals surface area contributed by atoms with E-state index >= 15 is 0 Å². The zero-order chi connectivity index (χ0) is 24.0. The van der Waals surface area contributed by atoms with Gasteiger partial charge in [-0.1, -0.05) is 0 Å². The number of hydrogen-bond donors (Lipinski definition) is 1. The third-order valence-corrected chi connectivity index (χ3v) is 4.96. The maximum Gasteiger partial charge on any atom is 0.410 e. The number of carbonyl (C=O) groups excluding carboxylic acids is 2. The van der Waals surface area contributed by atoms with Gasteiger partial charge in [0.05, 0.1) is 23.5 Å². The second-order valence-corrected chi connectivity index (χ2v) is 8.74. The van der Waals surface area contributed by atoms with Crippen molar-refractivity contribution in [3.63, 3.8) is 0 Å². The summed E-state index contributed by atoms with van der Waals surface area (Å²) >= 11 is 0. The van der Waals surface area contributed by atoms with Gasteiger partial charge in [0, 0.05) is 26.2 Å². The van der Waals surface area contributed by atoms with Gasteiger partial charge in [0.2, 0.25) is 0 Å². The first kappa shape index (κ1) is 23.9. The lowest BCUT2D eigenvalue weighted by atomic mass is 10.2. The number of rotatable bonds is 5. The van der Waals surface area contributed by atoms with Crippen LogP contribution >= 0.6 is 0 Å². The lowest BCUT2D eigenvalue weighted by molar-refractivity contribution is -0.122. The van der Waals surface area contributed by atoms with Gasteiger partial charge in [0.1, 0.15) is 17.2 Å². The topological polar surface area (TPSA) is 108 Å². The number of aromatic nitrogens is 1. The Morgan fingerprint density at radius 3 is 2.30 bits per heavy atom. The molecule has 2 amide bonds. The van der Waals surface area contributed by atoms with Crippen LogP contribution < -0.4 is 15.0 Å². The Labute approximate surface area is 193 Å². The molecule has 2 heterocycles. The van der Waals surface area contributed by atoms with Crippen molar-refractivity contribution in [1.29, 1.82) is 5.26 Å². The Kier molecular flexibility index (Phi) is 7.38. The molecular formula is C24H29N5O4. The Bertz CT molecular complexity index is 1000. The lowest BCUT2D eigenvalue weighted by Crippen LogP contribution is -2.50. The van der Waals surface area contributed by atoms with Crippen LogP contribution in [0.1, 0.15) is 33.3 Å². The molecule has 1 unspecified atom stereocenters. The molecule has 2 aromatic rings. The molecule has 0 aliphatic carbocycles. The third kappa shape index (κ3) is 6.84. The van der Waals surface area contributed by atoms with Crippen molar-refractivity contribution in [3.8, 4) is 11.8 Å². The summed E-state index contributed by atoms with van der Waals surface area (Å²) < 4.78 is 11.1. The Morgan fingerprint density at radius 2 is 1.76 bits per heavy atom. The molecule has 9 nitrogen and oxygen atoms in total. The van der Waals surface area contributed by atoms with Crippen molar-refractivity contribution in [2.45, 2.75) is 39.4 Å². The number of hydrogen-bond acceptors (Lipinski definition) is 7. The largest absolute Gasteiger partial charge is 0.481 e. The van der Waals surface area contributed by atoms with Crippen molar-refractivity contribution in [3.05, 3.63) is 48.2 Å². The Balaban J connectivity index is 1.49. The summed E-state index contributed by atoms with van der Waals surface area (Å²) in [4.78, 5) is 32.8. The fraction of sp³-hybridized carbons (Fsp3) is 0.417. The molecule has 9 heteroatoms. The number of benzene rings is 1. The van der Waals surface area contributed by atoms with Crippen LogP contribution in [-0.2, 0) is 9.53 Å². The number of amides is 2. The molecule has 1 aromatic carbocycles. The highest BCUT2D eigenvalue weighted by atomic mass is 16.6. The maximum absolute atomic E-state index is 12.4. The summed E-state index contributed by atoms with van der Waals surface area (Å²) in [5.74, 6) is 0.600. The summed E-state index contributed by atoms with van der Waals surface area (Å²) in [6.07, 6.45) is 0.668. The molecule has 3 rings (SSSR count). The maximum atomic E-state index is 12.4. The summed E-state index contributed by atoms with van der Waals surface area (Å²) in [5, 5.41) is 11.6. The zero-order valence-corrected chi connectivity index (χ0v) is 19.4. The van der Waals surface area contributed by atoms with E-state index in [-0.39, 0.29) is 12.0 Å². The summed E-state index contributed by atoms with van der Waals surface area (Å²) in [7, 11) is 0. The van der Waals surface area contributed by atoms with Gasteiger partial charge in [0.15, 0.2) is 6.10 Å². The number of nitrogens with one attached hydrogen (secondary N) is 1. The van der Waals surface area contributed by atoms with Crippen LogP contribution in [0.5, 0.6) is 5.75 Å². The highest BCUT2D eigenvalue weighted by Crippen LogP contribution is 2.19. The molecule has 1 aliphatic heterocycles. The van der Waals surface area contributed by atoms with Crippen molar-refractivity contribution >= 4 is 23.5 Å². The number of pyridine rings is 1. The van der Waals surface area contributed by atoms with Crippen LogP contribution in [0.2, 0.25) is 0 Å². The Morgan fingerprint density at radius 1 is 1.09 bits per heavy atom. The SMILES string of the molecule is CC(Oc1ccc(C#N)cc1)C(=O)Nc1ccc(N2CCN(C(=O)OC(C)(C)C)CC2)cn1. The number of nitrogens with zero attached hydrogens (tertiary/aromatic N) is 4. The van der Waals surface area contributed by atoms with Crippen LogP contribution in [-0.4, -0.2) is 59.8 Å². The minimum atomic E-state index is -0.736. The molecule has 0 spiro atoms. The van der Waals surface area contributed by atoms with Crippen molar-refractivity contribution in [2.75, 3.05) is 36.4 Å². The number of anilines is 2. The van der Waals surface area contributed by atoms with E-state index in [1.165, 1.54) is 0 Å². The highest BCUT2D eigenvalue weighted by Gasteiger charge is 2.26. The third-order valence-electron chi connectivity index (χ3n) is 4.96. The smallest absolute Gasteiger partial charge is 0.410 e. The first-order valence-electron chi connectivity index (χ1n) is 10.8. The van der Waals surface area contributed by atoms with Crippen LogP contribution in [0.4, 0.5) is 16.3 Å². The highest BCUT2D eigenvalue weighted by molar-refractivity contribution is 5.93.